The molecule has 1 aromatic carbocycles. The Labute approximate surface area is 170 Å². The van der Waals surface area contributed by atoms with Gasteiger partial charge in [-0.2, -0.15) is 4.98 Å². The summed E-state index contributed by atoms with van der Waals surface area (Å²) in [5, 5.41) is 4.17. The highest BCUT2D eigenvalue weighted by molar-refractivity contribution is 5.85. The number of aromatic nitrogens is 3. The van der Waals surface area contributed by atoms with Gasteiger partial charge in [-0.1, -0.05) is 42.6 Å². The van der Waals surface area contributed by atoms with E-state index < -0.39 is 0 Å². The quantitative estimate of drug-likeness (QED) is 0.639. The van der Waals surface area contributed by atoms with Gasteiger partial charge in [0.2, 0.25) is 17.6 Å². The van der Waals surface area contributed by atoms with Crippen LogP contribution in [0, 0.1) is 5.41 Å². The van der Waals surface area contributed by atoms with E-state index in [-0.39, 0.29) is 17.8 Å². The Morgan fingerprint density at radius 3 is 2.57 bits per heavy atom. The molecule has 0 unspecified atom stereocenters. The molecule has 28 heavy (non-hydrogen) atoms. The molecule has 0 spiro atoms. The lowest BCUT2D eigenvalue weighted by Crippen LogP contribution is -2.35. The van der Waals surface area contributed by atoms with Crippen LogP contribution < -0.4 is 10.5 Å². The number of benzene rings is 1. The van der Waals surface area contributed by atoms with Crippen LogP contribution in [0.5, 0.6) is 11.6 Å². The molecule has 2 aromatic heterocycles. The molecule has 4 rings (SSSR count). The van der Waals surface area contributed by atoms with Crippen molar-refractivity contribution in [1.29, 1.82) is 0 Å². The second kappa shape index (κ2) is 9.17. The predicted molar refractivity (Wildman–Crippen MR) is 110 cm³/mol. The van der Waals surface area contributed by atoms with E-state index in [4.69, 9.17) is 15.0 Å². The lowest BCUT2D eigenvalue weighted by molar-refractivity contribution is 0.177. The molecule has 1 fully saturated rings. The van der Waals surface area contributed by atoms with E-state index in [1.165, 1.54) is 19.3 Å². The van der Waals surface area contributed by atoms with Crippen LogP contribution >= 0.6 is 12.4 Å². The fourth-order valence-electron chi connectivity index (χ4n) is 3.75. The molecule has 0 atom stereocenters. The molecular weight excluding hydrogens is 376 g/mol. The van der Waals surface area contributed by atoms with Gasteiger partial charge in [-0.3, -0.25) is 0 Å². The molecule has 0 saturated heterocycles. The lowest BCUT2D eigenvalue weighted by atomic mass is 9.72. The number of halogens is 1. The van der Waals surface area contributed by atoms with Gasteiger partial charge in [0.1, 0.15) is 5.75 Å². The van der Waals surface area contributed by atoms with Crippen molar-refractivity contribution in [3.05, 3.63) is 54.6 Å². The van der Waals surface area contributed by atoms with Crippen molar-refractivity contribution in [2.24, 2.45) is 11.1 Å². The Bertz CT molecular complexity index is 879. The van der Waals surface area contributed by atoms with E-state index in [9.17, 15) is 0 Å². The van der Waals surface area contributed by atoms with Crippen LogP contribution in [0.2, 0.25) is 0 Å². The third-order valence-corrected chi connectivity index (χ3v) is 5.31. The number of ether oxygens (including phenoxy) is 1. The summed E-state index contributed by atoms with van der Waals surface area (Å²) in [6, 6.07) is 13.3. The summed E-state index contributed by atoms with van der Waals surface area (Å²) in [6.07, 6.45) is 8.38. The third kappa shape index (κ3) is 4.51. The van der Waals surface area contributed by atoms with Crippen molar-refractivity contribution in [3.63, 3.8) is 0 Å². The fourth-order valence-corrected chi connectivity index (χ4v) is 3.75. The van der Waals surface area contributed by atoms with Gasteiger partial charge in [0.25, 0.3) is 0 Å². The second-order valence-electron chi connectivity index (χ2n) is 7.22. The Morgan fingerprint density at radius 2 is 1.82 bits per heavy atom. The molecule has 6 nitrogen and oxygen atoms in total. The van der Waals surface area contributed by atoms with E-state index in [0.717, 1.165) is 19.3 Å². The first-order valence-corrected chi connectivity index (χ1v) is 9.49. The first-order chi connectivity index (χ1) is 13.3. The zero-order valence-electron chi connectivity index (χ0n) is 15.7. The highest BCUT2D eigenvalue weighted by atomic mass is 35.5. The molecular formula is C21H25ClN4O2. The third-order valence-electron chi connectivity index (χ3n) is 5.31. The Balaban J connectivity index is 0.00000225. The van der Waals surface area contributed by atoms with Crippen LogP contribution in [0.15, 0.2) is 53.2 Å². The number of hydrogen-bond acceptors (Lipinski definition) is 6. The summed E-state index contributed by atoms with van der Waals surface area (Å²) < 4.78 is 11.5. The highest BCUT2D eigenvalue weighted by Gasteiger charge is 2.33. The molecule has 0 aliphatic heterocycles. The van der Waals surface area contributed by atoms with Gasteiger partial charge in [0.15, 0.2) is 0 Å². The van der Waals surface area contributed by atoms with E-state index in [0.29, 0.717) is 35.5 Å². The first kappa shape index (κ1) is 20.3. The van der Waals surface area contributed by atoms with Gasteiger partial charge in [-0.05, 0) is 49.1 Å². The van der Waals surface area contributed by atoms with E-state index >= 15 is 0 Å². The largest absolute Gasteiger partial charge is 0.438 e. The molecule has 2 N–H and O–H groups in total. The second-order valence-corrected chi connectivity index (χ2v) is 7.22. The zero-order valence-corrected chi connectivity index (χ0v) is 16.5. The Morgan fingerprint density at radius 1 is 1.04 bits per heavy atom. The molecule has 7 heteroatoms. The van der Waals surface area contributed by atoms with E-state index in [2.05, 4.69) is 15.1 Å². The average molecular weight is 401 g/mol. The summed E-state index contributed by atoms with van der Waals surface area (Å²) in [5.74, 6) is 2.30. The molecule has 3 aromatic rings. The standard InChI is InChI=1S/C21H24N4O2.ClH/c22-15-21(11-5-2-6-12-21)14-18-24-19(25-27-18)17-10-7-13-23-20(17)26-16-8-3-1-4-9-16;/h1,3-4,7-10,13H,2,5-6,11-12,14-15,22H2;1H. The smallest absolute Gasteiger partial charge is 0.230 e. The van der Waals surface area contributed by atoms with Crippen LogP contribution in [-0.2, 0) is 6.42 Å². The minimum Gasteiger partial charge on any atom is -0.438 e. The maximum atomic E-state index is 6.09. The maximum Gasteiger partial charge on any atom is 0.230 e. The van der Waals surface area contributed by atoms with Crippen molar-refractivity contribution in [3.8, 4) is 23.0 Å². The van der Waals surface area contributed by atoms with Crippen molar-refractivity contribution in [2.45, 2.75) is 38.5 Å². The molecule has 0 bridgehead atoms. The number of hydrogen-bond donors (Lipinski definition) is 1. The summed E-state index contributed by atoms with van der Waals surface area (Å²) >= 11 is 0. The SMILES string of the molecule is Cl.NCC1(Cc2nc(-c3cccnc3Oc3ccccc3)no2)CCCCC1. The van der Waals surface area contributed by atoms with Crippen molar-refractivity contribution < 1.29 is 9.26 Å². The zero-order chi connectivity index (χ0) is 18.5. The van der Waals surface area contributed by atoms with E-state index in [1.54, 1.807) is 6.20 Å². The first-order valence-electron chi connectivity index (χ1n) is 9.49. The maximum absolute atomic E-state index is 6.09. The normalized spacial score (nSPS) is 15.6. The van der Waals surface area contributed by atoms with Gasteiger partial charge in [-0.25, -0.2) is 4.98 Å². The summed E-state index contributed by atoms with van der Waals surface area (Å²) in [6.45, 7) is 0.653. The van der Waals surface area contributed by atoms with Gasteiger partial charge in [0.05, 0.1) is 5.56 Å². The number of pyridine rings is 1. The summed E-state index contributed by atoms with van der Waals surface area (Å²) in [7, 11) is 0. The lowest BCUT2D eigenvalue weighted by Gasteiger charge is -2.34. The van der Waals surface area contributed by atoms with Crippen LogP contribution in [0.4, 0.5) is 0 Å². The number of rotatable bonds is 6. The van der Waals surface area contributed by atoms with Crippen LogP contribution in [0.3, 0.4) is 0 Å². The van der Waals surface area contributed by atoms with Crippen molar-refractivity contribution in [1.82, 2.24) is 15.1 Å². The number of nitrogens with zero attached hydrogens (tertiary/aromatic N) is 3. The Kier molecular flexibility index (Phi) is 6.65. The highest BCUT2D eigenvalue weighted by Crippen LogP contribution is 2.38. The Hall–Kier alpha value is -2.44. The van der Waals surface area contributed by atoms with Crippen LogP contribution in [0.1, 0.15) is 38.0 Å². The van der Waals surface area contributed by atoms with Gasteiger partial charge in [0, 0.05) is 12.6 Å². The minimum absolute atomic E-state index is 0. The predicted octanol–water partition coefficient (Wildman–Crippen LogP) is 4.80. The van der Waals surface area contributed by atoms with E-state index in [1.807, 2.05) is 42.5 Å². The van der Waals surface area contributed by atoms with Crippen molar-refractivity contribution >= 4 is 12.4 Å². The van der Waals surface area contributed by atoms with Gasteiger partial charge >= 0.3 is 0 Å². The molecule has 1 aliphatic carbocycles. The molecule has 2 heterocycles. The molecule has 0 radical (unpaired) electrons. The topological polar surface area (TPSA) is 87.1 Å². The summed E-state index contributed by atoms with van der Waals surface area (Å²) in [4.78, 5) is 8.96. The average Bonchev–Trinajstić information content (AvgIpc) is 3.18. The molecule has 148 valence electrons. The fraction of sp³-hybridized carbons (Fsp3) is 0.381. The molecule has 0 amide bonds. The number of nitrogens with two attached hydrogens (primary N) is 1. The monoisotopic (exact) mass is 400 g/mol. The summed E-state index contributed by atoms with van der Waals surface area (Å²) in [5.41, 5.74) is 6.89. The van der Waals surface area contributed by atoms with Crippen molar-refractivity contribution in [2.75, 3.05) is 6.54 Å². The minimum atomic E-state index is 0. The van der Waals surface area contributed by atoms with Gasteiger partial charge in [-0.15, -0.1) is 12.4 Å². The van der Waals surface area contributed by atoms with Crippen LogP contribution in [0.25, 0.3) is 11.4 Å². The van der Waals surface area contributed by atoms with Gasteiger partial charge < -0.3 is 15.0 Å². The molecule has 1 saturated carbocycles. The number of para-hydroxylation sites is 1. The van der Waals surface area contributed by atoms with Crippen LogP contribution in [-0.4, -0.2) is 21.7 Å². The molecule has 1 aliphatic rings.